The average Bonchev–Trinajstić information content (AvgIpc) is 2.16. The van der Waals surface area contributed by atoms with Crippen LogP contribution in [-0.2, 0) is 12.6 Å². The monoisotopic (exact) mass is 217 g/mol. The maximum Gasteiger partial charge on any atom is 0.451 e. The molecule has 1 aliphatic rings. The molecule has 0 saturated carbocycles. The fourth-order valence-corrected chi connectivity index (χ4v) is 1.64. The van der Waals surface area contributed by atoms with Crippen LogP contribution in [0.2, 0.25) is 0 Å². The molecule has 15 heavy (non-hydrogen) atoms. The van der Waals surface area contributed by atoms with E-state index in [2.05, 4.69) is 15.3 Å². The number of nitrogens with zero attached hydrogens (tertiary/aromatic N) is 2. The van der Waals surface area contributed by atoms with E-state index in [1.807, 2.05) is 0 Å². The minimum absolute atomic E-state index is 0.334. The Morgan fingerprint density at radius 3 is 2.67 bits per heavy atom. The van der Waals surface area contributed by atoms with Crippen LogP contribution in [0.15, 0.2) is 0 Å². The van der Waals surface area contributed by atoms with Crippen LogP contribution < -0.4 is 5.32 Å². The Bertz CT molecular complexity index is 387. The van der Waals surface area contributed by atoms with Crippen LogP contribution in [0.5, 0.6) is 0 Å². The van der Waals surface area contributed by atoms with Crippen molar-refractivity contribution < 1.29 is 13.2 Å². The van der Waals surface area contributed by atoms with Crippen LogP contribution in [0.4, 0.5) is 19.0 Å². The molecule has 3 nitrogen and oxygen atoms in total. The smallest absolute Gasteiger partial charge is 0.370 e. The Hall–Kier alpha value is -1.33. The Morgan fingerprint density at radius 1 is 1.27 bits per heavy atom. The molecule has 0 radical (unpaired) electrons. The standard InChI is InChI=1S/C9H10F3N3/c1-5-6-3-2-4-13-7(6)15-8(14-5)9(10,11)12/h2-4H2,1H3,(H,13,14,15). The molecular formula is C9H10F3N3. The average molecular weight is 217 g/mol. The molecule has 0 saturated heterocycles. The number of fused-ring (bicyclic) bond motifs is 1. The Labute approximate surface area is 84.7 Å². The van der Waals surface area contributed by atoms with Crippen LogP contribution in [0.1, 0.15) is 23.5 Å². The van der Waals surface area contributed by atoms with Gasteiger partial charge in [0.1, 0.15) is 5.82 Å². The van der Waals surface area contributed by atoms with Crippen LogP contribution in [-0.4, -0.2) is 16.5 Å². The van der Waals surface area contributed by atoms with Gasteiger partial charge < -0.3 is 5.32 Å². The van der Waals surface area contributed by atoms with E-state index in [1.165, 1.54) is 0 Å². The summed E-state index contributed by atoms with van der Waals surface area (Å²) in [6, 6.07) is 0. The molecule has 1 aliphatic heterocycles. The zero-order valence-corrected chi connectivity index (χ0v) is 8.15. The third-order valence-corrected chi connectivity index (χ3v) is 2.36. The first-order valence-corrected chi connectivity index (χ1v) is 4.67. The number of hydrogen-bond donors (Lipinski definition) is 1. The van der Waals surface area contributed by atoms with Crippen molar-refractivity contribution in [2.45, 2.75) is 25.9 Å². The number of nitrogens with one attached hydrogen (secondary N) is 1. The van der Waals surface area contributed by atoms with E-state index in [-0.39, 0.29) is 0 Å². The van der Waals surface area contributed by atoms with Crippen LogP contribution in [0, 0.1) is 6.92 Å². The van der Waals surface area contributed by atoms with Gasteiger partial charge in [-0.05, 0) is 19.8 Å². The number of hydrogen-bond acceptors (Lipinski definition) is 3. The Kier molecular flexibility index (Phi) is 2.28. The van der Waals surface area contributed by atoms with Crippen LogP contribution in [0.3, 0.4) is 0 Å². The van der Waals surface area contributed by atoms with Gasteiger partial charge in [0.2, 0.25) is 5.82 Å². The van der Waals surface area contributed by atoms with Crippen molar-refractivity contribution in [3.05, 3.63) is 17.1 Å². The zero-order chi connectivity index (χ0) is 11.1. The van der Waals surface area contributed by atoms with Crippen molar-refractivity contribution in [2.75, 3.05) is 11.9 Å². The number of aryl methyl sites for hydroxylation is 1. The summed E-state index contributed by atoms with van der Waals surface area (Å²) in [5, 5.41) is 2.86. The molecule has 0 bridgehead atoms. The second kappa shape index (κ2) is 3.36. The van der Waals surface area contributed by atoms with Gasteiger partial charge in [0.15, 0.2) is 0 Å². The molecular weight excluding hydrogens is 207 g/mol. The third kappa shape index (κ3) is 1.88. The van der Waals surface area contributed by atoms with E-state index in [9.17, 15) is 13.2 Å². The number of rotatable bonds is 0. The van der Waals surface area contributed by atoms with E-state index >= 15 is 0 Å². The van der Waals surface area contributed by atoms with Crippen molar-refractivity contribution in [1.29, 1.82) is 0 Å². The largest absolute Gasteiger partial charge is 0.451 e. The molecule has 1 N–H and O–H groups in total. The quantitative estimate of drug-likeness (QED) is 0.723. The molecule has 0 aliphatic carbocycles. The van der Waals surface area contributed by atoms with E-state index < -0.39 is 12.0 Å². The summed E-state index contributed by atoms with van der Waals surface area (Å²) in [5.41, 5.74) is 1.22. The lowest BCUT2D eigenvalue weighted by atomic mass is 10.1. The van der Waals surface area contributed by atoms with Gasteiger partial charge in [-0.25, -0.2) is 9.97 Å². The van der Waals surface area contributed by atoms with Gasteiger partial charge in [0.05, 0.1) is 0 Å². The molecule has 2 heterocycles. The minimum atomic E-state index is -4.47. The summed E-state index contributed by atoms with van der Waals surface area (Å²) < 4.78 is 37.2. The SMILES string of the molecule is Cc1nc(C(F)(F)F)nc2c1CCCN2. The Morgan fingerprint density at radius 2 is 2.00 bits per heavy atom. The number of aromatic nitrogens is 2. The molecule has 2 rings (SSSR count). The van der Waals surface area contributed by atoms with Crippen molar-refractivity contribution in [3.8, 4) is 0 Å². The molecule has 0 unspecified atom stereocenters. The highest BCUT2D eigenvalue weighted by Crippen LogP contribution is 2.30. The van der Waals surface area contributed by atoms with Gasteiger partial charge in [-0.1, -0.05) is 0 Å². The number of anilines is 1. The summed E-state index contributed by atoms with van der Waals surface area (Å²) in [6.45, 7) is 2.25. The second-order valence-electron chi connectivity index (χ2n) is 3.49. The van der Waals surface area contributed by atoms with Gasteiger partial charge in [-0.3, -0.25) is 0 Å². The molecule has 0 spiro atoms. The molecule has 1 aromatic rings. The fraction of sp³-hybridized carbons (Fsp3) is 0.556. The molecule has 0 atom stereocenters. The molecule has 1 aromatic heterocycles. The molecule has 82 valence electrons. The van der Waals surface area contributed by atoms with Crippen molar-refractivity contribution in [1.82, 2.24) is 9.97 Å². The van der Waals surface area contributed by atoms with Crippen molar-refractivity contribution in [2.24, 2.45) is 0 Å². The minimum Gasteiger partial charge on any atom is -0.370 e. The molecule has 6 heteroatoms. The fourth-order valence-electron chi connectivity index (χ4n) is 1.64. The maximum atomic E-state index is 12.4. The molecule has 0 amide bonds. The van der Waals surface area contributed by atoms with E-state index in [4.69, 9.17) is 0 Å². The molecule has 0 aromatic carbocycles. The predicted octanol–water partition coefficient (Wildman–Crippen LogP) is 2.16. The van der Waals surface area contributed by atoms with Gasteiger partial charge >= 0.3 is 6.18 Å². The number of halogens is 3. The Balaban J connectivity index is 2.50. The summed E-state index contributed by atoms with van der Waals surface area (Å²) in [6.07, 6.45) is -2.83. The van der Waals surface area contributed by atoms with E-state index in [1.54, 1.807) is 6.92 Å². The van der Waals surface area contributed by atoms with Gasteiger partial charge in [-0.2, -0.15) is 13.2 Å². The third-order valence-electron chi connectivity index (χ3n) is 2.36. The van der Waals surface area contributed by atoms with Gasteiger partial charge in [0, 0.05) is 17.8 Å². The lowest BCUT2D eigenvalue weighted by Gasteiger charge is -2.19. The predicted molar refractivity (Wildman–Crippen MR) is 48.6 cm³/mol. The van der Waals surface area contributed by atoms with Crippen LogP contribution in [0.25, 0.3) is 0 Å². The lowest BCUT2D eigenvalue weighted by Crippen LogP contribution is -2.20. The first-order valence-electron chi connectivity index (χ1n) is 4.67. The summed E-state index contributed by atoms with van der Waals surface area (Å²) >= 11 is 0. The summed E-state index contributed by atoms with van der Waals surface area (Å²) in [4.78, 5) is 6.98. The van der Waals surface area contributed by atoms with Gasteiger partial charge in [-0.15, -0.1) is 0 Å². The molecule has 0 fully saturated rings. The van der Waals surface area contributed by atoms with Crippen molar-refractivity contribution in [3.63, 3.8) is 0 Å². The van der Waals surface area contributed by atoms with Crippen LogP contribution >= 0.6 is 0 Å². The highest BCUT2D eigenvalue weighted by Gasteiger charge is 2.36. The first kappa shape index (κ1) is 10.2. The summed E-state index contributed by atoms with van der Waals surface area (Å²) in [5.74, 6) is -0.728. The normalized spacial score (nSPS) is 15.7. The topological polar surface area (TPSA) is 37.8 Å². The van der Waals surface area contributed by atoms with E-state index in [0.29, 0.717) is 18.1 Å². The summed E-state index contributed by atoms with van der Waals surface area (Å²) in [7, 11) is 0. The first-order chi connectivity index (χ1) is 6.98. The second-order valence-corrected chi connectivity index (χ2v) is 3.49. The highest BCUT2D eigenvalue weighted by molar-refractivity contribution is 5.48. The maximum absolute atomic E-state index is 12.4. The zero-order valence-electron chi connectivity index (χ0n) is 8.15. The highest BCUT2D eigenvalue weighted by atomic mass is 19.4. The van der Waals surface area contributed by atoms with E-state index in [0.717, 1.165) is 18.4 Å². The lowest BCUT2D eigenvalue weighted by molar-refractivity contribution is -0.145. The van der Waals surface area contributed by atoms with Gasteiger partial charge in [0.25, 0.3) is 0 Å². The van der Waals surface area contributed by atoms with Crippen molar-refractivity contribution >= 4 is 5.82 Å². The number of alkyl halides is 3.